The first kappa shape index (κ1) is 19.9. The molecule has 0 radical (unpaired) electrons. The highest BCUT2D eigenvalue weighted by Crippen LogP contribution is 2.03. The Hall–Kier alpha value is -0.540. The highest BCUT2D eigenvalue weighted by atomic mass is 35.5. The summed E-state index contributed by atoms with van der Waals surface area (Å²) in [7, 11) is 0. The number of halogens is 1. The van der Waals surface area contributed by atoms with Crippen molar-refractivity contribution in [2.24, 2.45) is 5.73 Å². The fourth-order valence-corrected chi connectivity index (χ4v) is 1.34. The smallest absolute Gasteiger partial charge is 0.240 e. The molecule has 0 rings (SSSR count). The Bertz CT molecular complexity index is 150. The summed E-state index contributed by atoms with van der Waals surface area (Å²) in [6, 6.07) is 0. The zero-order valence-corrected chi connectivity index (χ0v) is 11.2. The number of amides is 1. The number of nitrogens with zero attached hydrogens (tertiary/aromatic N) is 1. The summed E-state index contributed by atoms with van der Waals surface area (Å²) in [6.07, 6.45) is 1.06. The topological polar surface area (TPSA) is 43.1 Å². The zero-order chi connectivity index (χ0) is 11.6. The van der Waals surface area contributed by atoms with Crippen molar-refractivity contribution in [3.8, 4) is 0 Å². The van der Waals surface area contributed by atoms with E-state index in [0.29, 0.717) is 0 Å². The van der Waals surface area contributed by atoms with Crippen molar-refractivity contribution in [3.63, 3.8) is 0 Å². The average Bonchev–Trinajstić information content (AvgIpc) is 2.23. The molecular weight excluding hydrogens is 212 g/mol. The van der Waals surface area contributed by atoms with Crippen molar-refractivity contribution in [1.82, 2.24) is 0 Å². The second-order valence-corrected chi connectivity index (χ2v) is 3.21. The van der Waals surface area contributed by atoms with Crippen LogP contribution in [0, 0.1) is 0 Å². The summed E-state index contributed by atoms with van der Waals surface area (Å²) in [5.74, 6) is -0.481. The zero-order valence-electron chi connectivity index (χ0n) is 10.4. The normalized spacial score (nSPS) is 9.33. The minimum absolute atomic E-state index is 0. The van der Waals surface area contributed by atoms with Crippen molar-refractivity contribution in [3.05, 3.63) is 12.7 Å². The molecule has 0 fully saturated rings. The van der Waals surface area contributed by atoms with E-state index in [1.807, 2.05) is 0 Å². The molecule has 0 spiro atoms. The summed E-state index contributed by atoms with van der Waals surface area (Å²) in [5, 5.41) is 0. The highest BCUT2D eigenvalue weighted by Gasteiger charge is 2.16. The molecule has 3 nitrogen and oxygen atoms in total. The van der Waals surface area contributed by atoms with E-state index < -0.39 is 5.91 Å². The number of hydrogen-bond acceptors (Lipinski definition) is 1. The van der Waals surface area contributed by atoms with Crippen LogP contribution in [0.4, 0.5) is 0 Å². The Labute approximate surface area is 100 Å². The van der Waals surface area contributed by atoms with Crippen molar-refractivity contribution in [2.45, 2.75) is 27.7 Å². The van der Waals surface area contributed by atoms with Crippen LogP contribution < -0.4 is 18.1 Å². The van der Waals surface area contributed by atoms with Crippen molar-refractivity contribution < 1.29 is 21.7 Å². The first-order valence-corrected chi connectivity index (χ1v) is 5.28. The van der Waals surface area contributed by atoms with Gasteiger partial charge in [0.15, 0.2) is 0 Å². The van der Waals surface area contributed by atoms with Gasteiger partial charge in [-0.15, -0.1) is 0 Å². The Morgan fingerprint density at radius 2 is 1.33 bits per heavy atom. The summed E-state index contributed by atoms with van der Waals surface area (Å²) >= 11 is 0. The van der Waals surface area contributed by atoms with Gasteiger partial charge in [0.2, 0.25) is 5.91 Å². The van der Waals surface area contributed by atoms with Crippen molar-refractivity contribution in [1.29, 1.82) is 0 Å². The summed E-state index contributed by atoms with van der Waals surface area (Å²) < 4.78 is 1.28. The molecule has 1 amide bonds. The minimum Gasteiger partial charge on any atom is -1.00 e. The number of carbonyl (C=O) groups is 1. The summed E-state index contributed by atoms with van der Waals surface area (Å²) in [6.45, 7) is 17.3. The first-order chi connectivity index (χ1) is 6.51. The number of hydrogen-bond donors (Lipinski definition) is 1. The van der Waals surface area contributed by atoms with Crippen molar-refractivity contribution >= 4 is 5.91 Å². The lowest BCUT2D eigenvalue weighted by atomic mass is 10.3. The van der Waals surface area contributed by atoms with Crippen LogP contribution in [0.25, 0.3) is 0 Å². The fourth-order valence-electron chi connectivity index (χ4n) is 1.34. The largest absolute Gasteiger partial charge is 1.00 e. The van der Waals surface area contributed by atoms with E-state index in [1.54, 1.807) is 0 Å². The van der Waals surface area contributed by atoms with Crippen LogP contribution in [0.1, 0.15) is 27.7 Å². The second kappa shape index (κ2) is 11.5. The second-order valence-electron chi connectivity index (χ2n) is 3.21. The van der Waals surface area contributed by atoms with E-state index in [9.17, 15) is 4.79 Å². The van der Waals surface area contributed by atoms with Crippen LogP contribution in [-0.2, 0) is 4.79 Å². The molecule has 2 N–H and O–H groups in total. The molecule has 0 bridgehead atoms. The van der Waals surface area contributed by atoms with Gasteiger partial charge in [-0.05, 0) is 33.8 Å². The van der Waals surface area contributed by atoms with Crippen LogP contribution in [0.2, 0.25) is 0 Å². The Balaban J connectivity index is -0.000000208. The molecule has 0 aliphatic heterocycles. The standard InChI is InChI=1S/C8H20N.C3H5NO.ClH/c1-5-9(6-2,7-3)8-4;1-2-3(4)5;/h5-8H2,1-4H3;2H,1H2,(H2,4,5);1H/q+1;;/p-1. The van der Waals surface area contributed by atoms with E-state index in [4.69, 9.17) is 0 Å². The molecular formula is C11H25ClN2O. The first-order valence-electron chi connectivity index (χ1n) is 5.28. The third kappa shape index (κ3) is 9.76. The lowest BCUT2D eigenvalue weighted by Crippen LogP contribution is -3.00. The molecule has 0 aliphatic rings. The SMILES string of the molecule is C=CC(N)=O.CC[N+](CC)(CC)CC.[Cl-]. The van der Waals surface area contributed by atoms with Crippen LogP contribution in [0.15, 0.2) is 12.7 Å². The highest BCUT2D eigenvalue weighted by molar-refractivity contribution is 5.84. The van der Waals surface area contributed by atoms with Crippen molar-refractivity contribution in [2.75, 3.05) is 26.2 Å². The third-order valence-corrected chi connectivity index (χ3v) is 2.88. The minimum atomic E-state index is -0.481. The molecule has 4 heteroatoms. The van der Waals surface area contributed by atoms with E-state index in [1.165, 1.54) is 30.7 Å². The maximum absolute atomic E-state index is 9.47. The molecule has 0 saturated heterocycles. The van der Waals surface area contributed by atoms with E-state index in [-0.39, 0.29) is 12.4 Å². The van der Waals surface area contributed by atoms with Gasteiger partial charge in [-0.1, -0.05) is 6.58 Å². The van der Waals surface area contributed by atoms with Gasteiger partial charge in [0.1, 0.15) is 0 Å². The Morgan fingerprint density at radius 1 is 1.13 bits per heavy atom. The summed E-state index contributed by atoms with van der Waals surface area (Å²) in [4.78, 5) is 9.47. The number of nitrogens with two attached hydrogens (primary N) is 1. The van der Waals surface area contributed by atoms with Crippen LogP contribution >= 0.6 is 0 Å². The van der Waals surface area contributed by atoms with Gasteiger partial charge in [-0.2, -0.15) is 0 Å². The van der Waals surface area contributed by atoms with E-state index in [0.717, 1.165) is 6.08 Å². The van der Waals surface area contributed by atoms with E-state index in [2.05, 4.69) is 40.0 Å². The summed E-state index contributed by atoms with van der Waals surface area (Å²) in [5.41, 5.74) is 4.53. The predicted octanol–water partition coefficient (Wildman–Crippen LogP) is -1.46. The Morgan fingerprint density at radius 3 is 1.33 bits per heavy atom. The fraction of sp³-hybridized carbons (Fsp3) is 0.727. The molecule has 0 unspecified atom stereocenters. The Kier molecular flexibility index (Phi) is 15.3. The molecule has 0 aromatic heterocycles. The lowest BCUT2D eigenvalue weighted by Gasteiger charge is -2.34. The molecule has 0 aliphatic carbocycles. The number of rotatable bonds is 5. The molecule has 0 heterocycles. The average molecular weight is 237 g/mol. The van der Waals surface area contributed by atoms with Gasteiger partial charge < -0.3 is 22.6 Å². The van der Waals surface area contributed by atoms with Crippen LogP contribution in [0.5, 0.6) is 0 Å². The molecule has 0 aromatic rings. The number of quaternary nitrogens is 1. The maximum Gasteiger partial charge on any atom is 0.240 e. The van der Waals surface area contributed by atoms with Gasteiger partial charge in [0.25, 0.3) is 0 Å². The van der Waals surface area contributed by atoms with Gasteiger partial charge >= 0.3 is 0 Å². The van der Waals surface area contributed by atoms with Gasteiger partial charge in [0.05, 0.1) is 26.2 Å². The predicted molar refractivity (Wildman–Crippen MR) is 61.8 cm³/mol. The van der Waals surface area contributed by atoms with E-state index >= 15 is 0 Å². The quantitative estimate of drug-likeness (QED) is 0.461. The monoisotopic (exact) mass is 236 g/mol. The van der Waals surface area contributed by atoms with Gasteiger partial charge in [-0.3, -0.25) is 4.79 Å². The van der Waals surface area contributed by atoms with Crippen LogP contribution in [-0.4, -0.2) is 36.6 Å². The van der Waals surface area contributed by atoms with Crippen LogP contribution in [0.3, 0.4) is 0 Å². The molecule has 0 saturated carbocycles. The maximum atomic E-state index is 9.47. The van der Waals surface area contributed by atoms with Gasteiger partial charge in [0, 0.05) is 0 Å². The molecule has 0 atom stereocenters. The molecule has 0 aromatic carbocycles. The number of carbonyl (C=O) groups excluding carboxylic acids is 1. The lowest BCUT2D eigenvalue weighted by molar-refractivity contribution is -0.921. The van der Waals surface area contributed by atoms with Gasteiger partial charge in [-0.25, -0.2) is 0 Å². The number of primary amides is 1. The molecule has 15 heavy (non-hydrogen) atoms. The third-order valence-electron chi connectivity index (χ3n) is 2.88. The molecule has 92 valence electrons.